The molecule has 3 amide bonds. The summed E-state index contributed by atoms with van der Waals surface area (Å²) in [5, 5.41) is 4.98. The molecule has 6 aromatic rings. The molecule has 73 heavy (non-hydrogen) atoms. The second kappa shape index (κ2) is 32.3. The fourth-order valence-corrected chi connectivity index (χ4v) is 5.26. The molecule has 3 heterocycles. The van der Waals surface area contributed by atoms with Crippen LogP contribution in [0.5, 0.6) is 17.2 Å². The zero-order valence-electron chi connectivity index (χ0n) is 40.1. The van der Waals surface area contributed by atoms with Crippen LogP contribution in [0.25, 0.3) is 33.8 Å². The van der Waals surface area contributed by atoms with E-state index in [9.17, 15) is 28.8 Å². The van der Waals surface area contributed by atoms with E-state index in [4.69, 9.17) is 28.5 Å². The van der Waals surface area contributed by atoms with Gasteiger partial charge in [0.05, 0.1) is 36.9 Å². The SMILES string of the molecule is C=C(C)C(=O)CCONC(=O)Oc1cc[c-]c(-c2ccccn2)c1.C=C(C)C(=O)OCCNC(=O)Oc1cc[c-]c(-c2ccccn2)c1.C=C(C)C(=O)OCCNC(=O)Oc1cc[c-]c(-c2ccccn2)c1.[Ir+3]. The number of aromatic nitrogens is 3. The fraction of sp³-hybridized carbons (Fsp3) is 0.167. The Morgan fingerprint density at radius 1 is 0.507 bits per heavy atom. The van der Waals surface area contributed by atoms with E-state index in [1.54, 1.807) is 94.0 Å². The molecule has 0 aliphatic heterocycles. The molecule has 0 unspecified atom stereocenters. The van der Waals surface area contributed by atoms with Gasteiger partial charge in [0.2, 0.25) is 0 Å². The minimum absolute atomic E-state index is 0. The first-order chi connectivity index (χ1) is 34.7. The molecule has 0 spiro atoms. The Morgan fingerprint density at radius 3 is 1.21 bits per heavy atom. The van der Waals surface area contributed by atoms with Crippen LogP contribution in [0.2, 0.25) is 0 Å². The quantitative estimate of drug-likeness (QED) is 0.0227. The molecule has 18 nitrogen and oxygen atoms in total. The summed E-state index contributed by atoms with van der Waals surface area (Å²) in [6, 6.07) is 40.4. The van der Waals surface area contributed by atoms with Gasteiger partial charge in [0, 0.05) is 36.2 Å². The van der Waals surface area contributed by atoms with E-state index >= 15 is 0 Å². The van der Waals surface area contributed by atoms with Crippen LogP contribution < -0.4 is 30.3 Å². The van der Waals surface area contributed by atoms with Crippen LogP contribution in [-0.2, 0) is 48.8 Å². The van der Waals surface area contributed by atoms with E-state index in [2.05, 4.69) is 69.0 Å². The van der Waals surface area contributed by atoms with E-state index in [1.165, 1.54) is 0 Å². The van der Waals surface area contributed by atoms with Gasteiger partial charge in [-0.2, -0.15) is 5.48 Å². The number of nitrogens with zero attached hydrogens (tertiary/aromatic N) is 3. The minimum Gasteiger partial charge on any atom is -0.460 e. The normalized spacial score (nSPS) is 9.79. The van der Waals surface area contributed by atoms with Crippen molar-refractivity contribution in [2.24, 2.45) is 0 Å². The molecule has 0 radical (unpaired) electrons. The number of Topliss-reactive ketones (excluding diaryl/α,β-unsaturated/α-hetero) is 1. The Bertz CT molecular complexity index is 2500. The van der Waals surface area contributed by atoms with Crippen LogP contribution in [0, 0.1) is 18.2 Å². The van der Waals surface area contributed by atoms with Crippen molar-refractivity contribution in [3.63, 3.8) is 0 Å². The molecule has 0 saturated heterocycles. The van der Waals surface area contributed by atoms with Gasteiger partial charge in [0.1, 0.15) is 13.2 Å². The summed E-state index contributed by atoms with van der Waals surface area (Å²) < 4.78 is 25.2. The van der Waals surface area contributed by atoms with Gasteiger partial charge in [-0.1, -0.05) is 56.1 Å². The summed E-state index contributed by atoms with van der Waals surface area (Å²) in [7, 11) is 0. The van der Waals surface area contributed by atoms with Crippen molar-refractivity contribution in [1.29, 1.82) is 0 Å². The second-order valence-electron chi connectivity index (χ2n) is 14.7. The molecule has 3 N–H and O–H groups in total. The summed E-state index contributed by atoms with van der Waals surface area (Å²) in [4.78, 5) is 86.3. The number of hydrogen-bond donors (Lipinski definition) is 3. The van der Waals surface area contributed by atoms with Crippen molar-refractivity contribution in [2.45, 2.75) is 27.2 Å². The van der Waals surface area contributed by atoms with Crippen LogP contribution >= 0.6 is 0 Å². The molecule has 19 heteroatoms. The van der Waals surface area contributed by atoms with Gasteiger partial charge >= 0.3 is 50.3 Å². The zero-order chi connectivity index (χ0) is 52.1. The fourth-order valence-electron chi connectivity index (χ4n) is 5.26. The van der Waals surface area contributed by atoms with Crippen molar-refractivity contribution in [1.82, 2.24) is 31.1 Å². The Balaban J connectivity index is 0.000000287. The van der Waals surface area contributed by atoms with E-state index < -0.39 is 30.2 Å². The number of carbonyl (C=O) groups excluding carboxylic acids is 6. The summed E-state index contributed by atoms with van der Waals surface area (Å²) in [5.74, 6) is -0.0542. The van der Waals surface area contributed by atoms with Gasteiger partial charge in [0.25, 0.3) is 0 Å². The maximum atomic E-state index is 11.7. The number of rotatable bonds is 19. The molecule has 0 fully saturated rings. The number of carbonyl (C=O) groups is 6. The van der Waals surface area contributed by atoms with Crippen LogP contribution in [0.4, 0.5) is 14.4 Å². The largest absolute Gasteiger partial charge is 3.00 e. The molecule has 6 rings (SSSR count). The number of pyridine rings is 3. The third kappa shape index (κ3) is 22.8. The van der Waals surface area contributed by atoms with Crippen molar-refractivity contribution < 1.29 is 77.4 Å². The van der Waals surface area contributed by atoms with Gasteiger partial charge in [-0.25, -0.2) is 24.0 Å². The molecule has 0 aliphatic rings. The first kappa shape index (κ1) is 58.7. The van der Waals surface area contributed by atoms with Gasteiger partial charge in [0.15, 0.2) is 5.78 Å². The Labute approximate surface area is 436 Å². The molecule has 3 aromatic carbocycles. The van der Waals surface area contributed by atoms with Crippen molar-refractivity contribution >= 4 is 36.0 Å². The molecule has 3 aromatic heterocycles. The van der Waals surface area contributed by atoms with Crippen LogP contribution in [-0.4, -0.2) is 83.9 Å². The van der Waals surface area contributed by atoms with Gasteiger partial charge in [-0.05, 0) is 61.6 Å². The van der Waals surface area contributed by atoms with Crippen LogP contribution in [0.15, 0.2) is 164 Å². The maximum absolute atomic E-state index is 11.7. The van der Waals surface area contributed by atoms with Gasteiger partial charge in [-0.15, -0.1) is 89.5 Å². The van der Waals surface area contributed by atoms with E-state index in [-0.39, 0.29) is 65.2 Å². The number of ether oxygens (including phenoxy) is 5. The standard InChI is InChI=1S/3C18H17N2O4.Ir/c1-13(2)17(21)9-11-23-20-18(22)24-15-7-5-6-14(12-15)16-8-3-4-10-19-16;2*1-13(2)17(21)23-11-10-20-18(22)24-15-7-5-6-14(12-15)16-8-3-4-9-19-16;/h3-5,7-8,10,12H,1,9,11H2,2H3,(H,20,22);2*3-5,7-9,12H,1,10-11H2,2H3,(H,20,22);/q3*-1;+3. The summed E-state index contributed by atoms with van der Waals surface area (Å²) in [6.45, 7) is 15.6. The molecule has 0 atom stereocenters. The number of hydroxylamine groups is 1. The Hall–Kier alpha value is -8.64. The van der Waals surface area contributed by atoms with Crippen molar-refractivity contribution in [2.75, 3.05) is 32.9 Å². The molecular weight excluding hydrogens is 1120 g/mol. The average Bonchev–Trinajstić information content (AvgIpc) is 3.39. The third-order valence-corrected chi connectivity index (χ3v) is 8.74. The molecule has 378 valence electrons. The number of amides is 3. The molecular formula is C54H51IrN6O12. The van der Waals surface area contributed by atoms with Crippen LogP contribution in [0.3, 0.4) is 0 Å². The van der Waals surface area contributed by atoms with Crippen LogP contribution in [0.1, 0.15) is 27.2 Å². The van der Waals surface area contributed by atoms with E-state index in [1.807, 2.05) is 54.6 Å². The smallest absolute Gasteiger partial charge is 0.460 e. The summed E-state index contributed by atoms with van der Waals surface area (Å²) in [5.41, 5.74) is 7.50. The number of hydrogen-bond acceptors (Lipinski definition) is 15. The maximum Gasteiger partial charge on any atom is 3.00 e. The topological polar surface area (TPSA) is 233 Å². The first-order valence-electron chi connectivity index (χ1n) is 21.8. The number of benzene rings is 3. The monoisotopic (exact) mass is 1170 g/mol. The summed E-state index contributed by atoms with van der Waals surface area (Å²) in [6.07, 6.45) is 3.10. The number of esters is 2. The Kier molecular flexibility index (Phi) is 25.9. The van der Waals surface area contributed by atoms with E-state index in [0.717, 1.165) is 28.2 Å². The number of allylic oxidation sites excluding steroid dienone is 1. The minimum atomic E-state index is -0.782. The average molecular weight is 1170 g/mol. The first-order valence-corrected chi connectivity index (χ1v) is 21.8. The van der Waals surface area contributed by atoms with Gasteiger partial charge in [-0.3, -0.25) is 9.63 Å². The van der Waals surface area contributed by atoms with Gasteiger partial charge < -0.3 is 49.3 Å². The molecule has 0 saturated carbocycles. The van der Waals surface area contributed by atoms with Crippen molar-refractivity contribution in [3.05, 3.63) is 182 Å². The number of nitrogens with one attached hydrogen (secondary N) is 3. The molecule has 0 bridgehead atoms. The third-order valence-electron chi connectivity index (χ3n) is 8.74. The Morgan fingerprint density at radius 2 is 0.877 bits per heavy atom. The second-order valence-corrected chi connectivity index (χ2v) is 14.7. The summed E-state index contributed by atoms with van der Waals surface area (Å²) >= 11 is 0. The van der Waals surface area contributed by atoms with E-state index in [0.29, 0.717) is 39.5 Å². The number of ketones is 1. The predicted molar refractivity (Wildman–Crippen MR) is 265 cm³/mol. The predicted octanol–water partition coefficient (Wildman–Crippen LogP) is 8.61. The zero-order valence-corrected chi connectivity index (χ0v) is 42.5. The van der Waals surface area contributed by atoms with Crippen molar-refractivity contribution in [3.8, 4) is 51.0 Å². The molecule has 0 aliphatic carbocycles.